The molecule has 3 rings (SSSR count). The van der Waals surface area contributed by atoms with Crippen molar-refractivity contribution in [2.24, 2.45) is 17.3 Å². The van der Waals surface area contributed by atoms with Crippen LogP contribution in [0.2, 0.25) is 0 Å². The molecule has 1 aliphatic rings. The second-order valence-corrected chi connectivity index (χ2v) is 12.0. The maximum absolute atomic E-state index is 13.4. The lowest BCUT2D eigenvalue weighted by Crippen LogP contribution is -2.47. The maximum atomic E-state index is 13.4. The van der Waals surface area contributed by atoms with Crippen LogP contribution >= 0.6 is 0 Å². The zero-order valence-electron chi connectivity index (χ0n) is 26.5. The number of ether oxygens (including phenoxy) is 6. The average molecular weight is 629 g/mol. The number of cyclic esters (lactones) is 2. The molecule has 0 bridgehead atoms. The van der Waals surface area contributed by atoms with Crippen molar-refractivity contribution in [3.63, 3.8) is 0 Å². The molecule has 0 unspecified atom stereocenters. The van der Waals surface area contributed by atoms with E-state index >= 15 is 0 Å². The van der Waals surface area contributed by atoms with E-state index in [1.807, 2.05) is 26.8 Å². The Morgan fingerprint density at radius 1 is 1.07 bits per heavy atom. The standard InChI is InChI=1S/C32H40N2O11/c1-18(2)28(36)44-25-19(3)43-30(38)22(16-41-29(37)21(25)15-20-11-9-8-10-12-20)34-27(35)24-26(23(40-7)13-14-33-24)45-31(39)42-17-32(4,5)6/h8-14,18-19,21-22,25H,15-17H2,1-7H3,(H,34,35)/t19-,21+,22-,25-/m0/s1. The fourth-order valence-corrected chi connectivity index (χ4v) is 4.22. The van der Waals surface area contributed by atoms with E-state index < -0.39 is 72.4 Å². The van der Waals surface area contributed by atoms with Gasteiger partial charge in [-0.2, -0.15) is 0 Å². The van der Waals surface area contributed by atoms with Gasteiger partial charge in [-0.1, -0.05) is 65.0 Å². The van der Waals surface area contributed by atoms with Gasteiger partial charge in [-0.25, -0.2) is 14.6 Å². The number of methoxy groups -OCH3 is 1. The molecule has 1 aromatic carbocycles. The van der Waals surface area contributed by atoms with E-state index in [1.165, 1.54) is 26.3 Å². The lowest BCUT2D eigenvalue weighted by Gasteiger charge is -2.29. The summed E-state index contributed by atoms with van der Waals surface area (Å²) in [6.45, 7) is 9.77. The molecule has 2 aromatic rings. The number of amides is 1. The highest BCUT2D eigenvalue weighted by molar-refractivity contribution is 5.98. The lowest BCUT2D eigenvalue weighted by atomic mass is 9.91. The largest absolute Gasteiger partial charge is 0.514 e. The molecule has 0 aliphatic carbocycles. The normalized spacial score (nSPS) is 20.4. The molecule has 1 N–H and O–H groups in total. The summed E-state index contributed by atoms with van der Waals surface area (Å²) in [6.07, 6.45) is -1.99. The molecule has 1 saturated heterocycles. The molecule has 244 valence electrons. The number of hydrogen-bond acceptors (Lipinski definition) is 12. The number of carbonyl (C=O) groups excluding carboxylic acids is 5. The average Bonchev–Trinajstić information content (AvgIpc) is 3.02. The summed E-state index contributed by atoms with van der Waals surface area (Å²) in [7, 11) is 1.30. The minimum Gasteiger partial charge on any atom is -0.493 e. The van der Waals surface area contributed by atoms with Gasteiger partial charge in [-0.3, -0.25) is 14.4 Å². The number of nitrogens with one attached hydrogen (secondary N) is 1. The summed E-state index contributed by atoms with van der Waals surface area (Å²) in [5.41, 5.74) is 0.0150. The monoisotopic (exact) mass is 628 g/mol. The van der Waals surface area contributed by atoms with Gasteiger partial charge in [0.2, 0.25) is 5.75 Å². The minimum atomic E-state index is -1.49. The maximum Gasteiger partial charge on any atom is 0.514 e. The third-order valence-electron chi connectivity index (χ3n) is 6.58. The summed E-state index contributed by atoms with van der Waals surface area (Å²) in [5, 5.41) is 2.43. The van der Waals surface area contributed by atoms with Crippen LogP contribution in [0.25, 0.3) is 0 Å². The van der Waals surface area contributed by atoms with Crippen LogP contribution < -0.4 is 14.8 Å². The second-order valence-electron chi connectivity index (χ2n) is 12.0. The molecule has 0 radical (unpaired) electrons. The van der Waals surface area contributed by atoms with Crippen molar-refractivity contribution in [2.75, 3.05) is 20.3 Å². The van der Waals surface area contributed by atoms with Crippen LogP contribution in [0.5, 0.6) is 11.5 Å². The molecular weight excluding hydrogens is 588 g/mol. The molecule has 2 heterocycles. The van der Waals surface area contributed by atoms with Crippen LogP contribution in [0.4, 0.5) is 4.79 Å². The first kappa shape index (κ1) is 34.8. The molecule has 0 spiro atoms. The van der Waals surface area contributed by atoms with Gasteiger partial charge in [0, 0.05) is 12.3 Å². The van der Waals surface area contributed by atoms with Gasteiger partial charge in [0.05, 0.1) is 19.6 Å². The lowest BCUT2D eigenvalue weighted by molar-refractivity contribution is -0.176. The van der Waals surface area contributed by atoms with Crippen LogP contribution in [0.15, 0.2) is 42.6 Å². The van der Waals surface area contributed by atoms with Crippen molar-refractivity contribution in [3.8, 4) is 11.5 Å². The van der Waals surface area contributed by atoms with E-state index in [-0.39, 0.29) is 29.9 Å². The van der Waals surface area contributed by atoms with E-state index in [2.05, 4.69) is 10.3 Å². The van der Waals surface area contributed by atoms with Gasteiger partial charge < -0.3 is 33.7 Å². The molecule has 13 heteroatoms. The van der Waals surface area contributed by atoms with Crippen molar-refractivity contribution < 1.29 is 52.4 Å². The summed E-state index contributed by atoms with van der Waals surface area (Å²) in [5.74, 6) is -5.14. The highest BCUT2D eigenvalue weighted by Crippen LogP contribution is 2.31. The Morgan fingerprint density at radius 2 is 1.76 bits per heavy atom. The predicted octanol–water partition coefficient (Wildman–Crippen LogP) is 3.67. The van der Waals surface area contributed by atoms with E-state index in [9.17, 15) is 24.0 Å². The number of benzene rings is 1. The Kier molecular flexibility index (Phi) is 11.9. The predicted molar refractivity (Wildman–Crippen MR) is 158 cm³/mol. The van der Waals surface area contributed by atoms with Gasteiger partial charge in [0.1, 0.15) is 18.6 Å². The zero-order chi connectivity index (χ0) is 33.3. The molecule has 0 saturated carbocycles. The number of esters is 3. The zero-order valence-corrected chi connectivity index (χ0v) is 26.5. The van der Waals surface area contributed by atoms with E-state index in [4.69, 9.17) is 28.4 Å². The quantitative estimate of drug-likeness (QED) is 0.317. The van der Waals surface area contributed by atoms with Crippen LogP contribution in [-0.4, -0.2) is 73.5 Å². The number of carbonyl (C=O) groups is 5. The van der Waals surface area contributed by atoms with Gasteiger partial charge in [-0.05, 0) is 24.3 Å². The van der Waals surface area contributed by atoms with Crippen LogP contribution in [0, 0.1) is 17.3 Å². The number of aromatic nitrogens is 1. The van der Waals surface area contributed by atoms with Gasteiger partial charge in [0.25, 0.3) is 5.91 Å². The van der Waals surface area contributed by atoms with Crippen molar-refractivity contribution in [1.29, 1.82) is 0 Å². The Balaban J connectivity index is 1.87. The van der Waals surface area contributed by atoms with Crippen LogP contribution in [-0.2, 0) is 39.8 Å². The summed E-state index contributed by atoms with van der Waals surface area (Å²) in [6, 6.07) is 8.91. The molecule has 1 fully saturated rings. The molecule has 1 aliphatic heterocycles. The summed E-state index contributed by atoms with van der Waals surface area (Å²) >= 11 is 0. The smallest absolute Gasteiger partial charge is 0.493 e. The highest BCUT2D eigenvalue weighted by Gasteiger charge is 2.42. The number of pyridine rings is 1. The molecule has 45 heavy (non-hydrogen) atoms. The van der Waals surface area contributed by atoms with Gasteiger partial charge in [-0.15, -0.1) is 0 Å². The van der Waals surface area contributed by atoms with Crippen molar-refractivity contribution in [2.45, 2.75) is 66.2 Å². The second kappa shape index (κ2) is 15.4. The van der Waals surface area contributed by atoms with E-state index in [1.54, 1.807) is 38.1 Å². The number of rotatable bonds is 9. The van der Waals surface area contributed by atoms with E-state index in [0.717, 1.165) is 5.56 Å². The molecule has 1 aromatic heterocycles. The first-order chi connectivity index (χ1) is 21.2. The van der Waals surface area contributed by atoms with Crippen molar-refractivity contribution in [3.05, 3.63) is 53.9 Å². The molecule has 4 atom stereocenters. The fourth-order valence-electron chi connectivity index (χ4n) is 4.22. The number of hydrogen-bond donors (Lipinski definition) is 1. The van der Waals surface area contributed by atoms with Gasteiger partial charge in [0.15, 0.2) is 23.6 Å². The molecule has 1 amide bonds. The number of nitrogens with zero attached hydrogens (tertiary/aromatic N) is 1. The van der Waals surface area contributed by atoms with Gasteiger partial charge >= 0.3 is 24.1 Å². The third-order valence-corrected chi connectivity index (χ3v) is 6.58. The molecule has 13 nitrogen and oxygen atoms in total. The Bertz CT molecular complexity index is 1370. The van der Waals surface area contributed by atoms with E-state index in [0.29, 0.717) is 0 Å². The summed E-state index contributed by atoms with van der Waals surface area (Å²) < 4.78 is 32.5. The first-order valence-corrected chi connectivity index (χ1v) is 14.5. The van der Waals surface area contributed by atoms with Crippen molar-refractivity contribution in [1.82, 2.24) is 10.3 Å². The summed E-state index contributed by atoms with van der Waals surface area (Å²) in [4.78, 5) is 69.2. The first-order valence-electron chi connectivity index (χ1n) is 14.5. The van der Waals surface area contributed by atoms with Crippen LogP contribution in [0.1, 0.15) is 57.6 Å². The SMILES string of the molecule is COc1ccnc(C(=O)N[C@H]2COC(=O)[C@H](Cc3ccccc3)[C@@H](OC(=O)C(C)C)[C@H](C)OC2=O)c1OC(=O)OCC(C)(C)C. The fraction of sp³-hybridized carbons (Fsp3) is 0.500. The van der Waals surface area contributed by atoms with Crippen LogP contribution in [0.3, 0.4) is 0 Å². The molecular formula is C32H40N2O11. The topological polar surface area (TPSA) is 166 Å². The Morgan fingerprint density at radius 3 is 2.38 bits per heavy atom. The Labute approximate surface area is 261 Å². The Hall–Kier alpha value is -4.68. The highest BCUT2D eigenvalue weighted by atomic mass is 16.7. The third kappa shape index (κ3) is 9.91. The van der Waals surface area contributed by atoms with Crippen molar-refractivity contribution >= 4 is 30.0 Å². The minimum absolute atomic E-state index is 0.00137.